The second kappa shape index (κ2) is 20.0. The lowest BCUT2D eigenvalue weighted by atomic mass is 10.1. The highest BCUT2D eigenvalue weighted by Crippen LogP contribution is 2.54. The summed E-state index contributed by atoms with van der Waals surface area (Å²) in [4.78, 5) is 67.8. The molecule has 2 saturated heterocycles. The van der Waals surface area contributed by atoms with Crippen LogP contribution in [-0.2, 0) is 37.1 Å². The van der Waals surface area contributed by atoms with Crippen LogP contribution in [-0.4, -0.2) is 104 Å². The van der Waals surface area contributed by atoms with Gasteiger partial charge in [-0.1, -0.05) is 66.7 Å². The molecule has 0 saturated carbocycles. The van der Waals surface area contributed by atoms with Crippen LogP contribution >= 0.6 is 7.82 Å². The molecule has 2 aliphatic heterocycles. The summed E-state index contributed by atoms with van der Waals surface area (Å²) in [6.45, 7) is -1.67. The standard InChI is InChI=1S/C43H41N8O13P/c1-58-36-35(63-42(55)28-16-9-4-10-17-28)32(62-41(36)51-25-47-34-37(45-24-46-38(34)51)48-39(53)27-14-7-3-8-15-27)23-60-65(57,59-19-11-18-44)64-30-20-33(61-31(30)22-52)50-21-29(40(54)49-43(50)56)26-12-5-2-6-13-26/h2-10,12-17,21,24-25,30-33,35-36,41,52H,11,19-20,22-23H2,1H3,(H,49,54,56)(H,45,46,48,53)/t30?,31-,32-,33-,35?,36?,41-,65?/m1/s1. The molecule has 3 aromatic carbocycles. The van der Waals surface area contributed by atoms with Gasteiger partial charge in [0.15, 0.2) is 29.3 Å². The quantitative estimate of drug-likeness (QED) is 0.0659. The number of aromatic nitrogens is 6. The Labute approximate surface area is 369 Å². The number of amides is 1. The lowest BCUT2D eigenvalue weighted by molar-refractivity contribution is -0.0647. The molecule has 5 heterocycles. The highest BCUT2D eigenvalue weighted by atomic mass is 31.2. The minimum absolute atomic E-state index is 0.107. The van der Waals surface area contributed by atoms with Gasteiger partial charge in [0.2, 0.25) is 0 Å². The van der Waals surface area contributed by atoms with Crippen molar-refractivity contribution in [2.45, 2.75) is 55.8 Å². The van der Waals surface area contributed by atoms with Gasteiger partial charge < -0.3 is 29.4 Å². The fraction of sp³-hybridized carbons (Fsp3) is 0.302. The van der Waals surface area contributed by atoms with Crippen molar-refractivity contribution in [1.29, 1.82) is 5.26 Å². The van der Waals surface area contributed by atoms with Crippen molar-refractivity contribution >= 4 is 36.7 Å². The first-order valence-electron chi connectivity index (χ1n) is 20.2. The SMILES string of the molecule is COC1C(OC(=O)c2ccccc2)[C@@H](COP(=O)(OCCC#N)OC2C[C@H](n3cc(-c4ccccc4)c(=O)[nH]c3=O)O[C@@H]2CO)O[C@H]1n1cnc2c(NC(=O)c3ccccc3)ncnc21. The van der Waals surface area contributed by atoms with E-state index in [1.807, 2.05) is 6.07 Å². The maximum Gasteiger partial charge on any atom is 0.475 e. The summed E-state index contributed by atoms with van der Waals surface area (Å²) in [7, 11) is -3.37. The second-order valence-electron chi connectivity index (χ2n) is 14.6. The third-order valence-electron chi connectivity index (χ3n) is 10.6. The fourth-order valence-electron chi connectivity index (χ4n) is 7.42. The number of benzene rings is 3. The van der Waals surface area contributed by atoms with E-state index in [1.165, 1.54) is 30.5 Å². The number of carbonyl (C=O) groups is 2. The van der Waals surface area contributed by atoms with E-state index in [9.17, 15) is 34.1 Å². The molecular formula is C43H41N8O13P. The Balaban J connectivity index is 1.06. The van der Waals surface area contributed by atoms with Gasteiger partial charge in [-0.05, 0) is 29.8 Å². The number of carbonyl (C=O) groups excluding carboxylic acids is 2. The molecule has 0 radical (unpaired) electrons. The van der Waals surface area contributed by atoms with Crippen molar-refractivity contribution in [2.24, 2.45) is 0 Å². The maximum atomic E-state index is 14.6. The van der Waals surface area contributed by atoms with Crippen molar-refractivity contribution in [3.8, 4) is 17.2 Å². The van der Waals surface area contributed by atoms with Crippen LogP contribution in [0.4, 0.5) is 5.82 Å². The van der Waals surface area contributed by atoms with Gasteiger partial charge in [-0.25, -0.2) is 29.1 Å². The molecule has 22 heteroatoms. The molecule has 8 atom stereocenters. The van der Waals surface area contributed by atoms with Gasteiger partial charge in [0.05, 0.1) is 49.8 Å². The Hall–Kier alpha value is -6.73. The lowest BCUT2D eigenvalue weighted by Crippen LogP contribution is -2.39. The Morgan fingerprint density at radius 1 is 0.923 bits per heavy atom. The topological polar surface area (TPSA) is 270 Å². The van der Waals surface area contributed by atoms with E-state index in [4.69, 9.17) is 32.5 Å². The molecule has 0 aliphatic carbocycles. The number of phosphoric ester groups is 1. The number of nitriles is 1. The highest BCUT2D eigenvalue weighted by molar-refractivity contribution is 7.48. The number of imidazole rings is 1. The average Bonchev–Trinajstić information content (AvgIpc) is 4.04. The van der Waals surface area contributed by atoms with Crippen molar-refractivity contribution in [3.63, 3.8) is 0 Å². The molecule has 8 rings (SSSR count). The van der Waals surface area contributed by atoms with Gasteiger partial charge in [0, 0.05) is 25.3 Å². The molecule has 2 aliphatic rings. The van der Waals surface area contributed by atoms with Gasteiger partial charge >= 0.3 is 19.5 Å². The fourth-order valence-corrected chi connectivity index (χ4v) is 8.82. The predicted octanol–water partition coefficient (Wildman–Crippen LogP) is 4.15. The third kappa shape index (κ3) is 9.85. The monoisotopic (exact) mass is 908 g/mol. The van der Waals surface area contributed by atoms with Crippen LogP contribution in [0, 0.1) is 11.3 Å². The third-order valence-corrected chi connectivity index (χ3v) is 12.1. The normalized spacial score (nSPS) is 22.6. The number of nitrogens with zero attached hydrogens (tertiary/aromatic N) is 6. The molecule has 4 unspecified atom stereocenters. The van der Waals surface area contributed by atoms with E-state index >= 15 is 0 Å². The van der Waals surface area contributed by atoms with Crippen LogP contribution in [0.3, 0.4) is 0 Å². The van der Waals surface area contributed by atoms with Crippen LogP contribution in [0.2, 0.25) is 0 Å². The van der Waals surface area contributed by atoms with E-state index in [0.717, 1.165) is 4.57 Å². The van der Waals surface area contributed by atoms with Crippen molar-refractivity contribution in [3.05, 3.63) is 142 Å². The zero-order valence-corrected chi connectivity index (χ0v) is 35.3. The molecule has 6 aromatic rings. The molecule has 65 heavy (non-hydrogen) atoms. The molecule has 336 valence electrons. The first-order valence-corrected chi connectivity index (χ1v) is 21.7. The van der Waals surface area contributed by atoms with Gasteiger partial charge in [-0.2, -0.15) is 5.26 Å². The van der Waals surface area contributed by atoms with E-state index in [-0.39, 0.29) is 41.0 Å². The number of rotatable bonds is 17. The van der Waals surface area contributed by atoms with Crippen molar-refractivity contribution < 1.29 is 51.8 Å². The summed E-state index contributed by atoms with van der Waals surface area (Å²) < 4.78 is 59.1. The van der Waals surface area contributed by atoms with Crippen LogP contribution in [0.25, 0.3) is 22.3 Å². The number of phosphoric acid groups is 1. The number of hydrogen-bond donors (Lipinski definition) is 3. The Kier molecular flexibility index (Phi) is 13.8. The predicted molar refractivity (Wildman–Crippen MR) is 227 cm³/mol. The number of nitrogens with one attached hydrogen (secondary N) is 2. The minimum Gasteiger partial charge on any atom is -0.453 e. The van der Waals surface area contributed by atoms with Crippen molar-refractivity contribution in [2.75, 3.05) is 32.2 Å². The number of aliphatic hydroxyl groups is 1. The Bertz CT molecular complexity index is 2840. The summed E-state index contributed by atoms with van der Waals surface area (Å²) in [5, 5.41) is 22.4. The smallest absolute Gasteiger partial charge is 0.453 e. The summed E-state index contributed by atoms with van der Waals surface area (Å²) in [6, 6.07) is 27.2. The number of esters is 1. The number of methoxy groups -OCH3 is 1. The number of hydrogen-bond acceptors (Lipinski definition) is 17. The summed E-state index contributed by atoms with van der Waals surface area (Å²) in [5.74, 6) is -1.07. The van der Waals surface area contributed by atoms with Crippen LogP contribution in [0.5, 0.6) is 0 Å². The number of anilines is 1. The van der Waals surface area contributed by atoms with Crippen LogP contribution < -0.4 is 16.6 Å². The Morgan fingerprint density at radius 3 is 2.32 bits per heavy atom. The molecule has 3 N–H and O–H groups in total. The van der Waals surface area contributed by atoms with E-state index in [2.05, 4.69) is 25.3 Å². The van der Waals surface area contributed by atoms with E-state index < -0.39 is 93.7 Å². The molecule has 1 amide bonds. The van der Waals surface area contributed by atoms with E-state index in [1.54, 1.807) is 91.0 Å². The summed E-state index contributed by atoms with van der Waals surface area (Å²) >= 11 is 0. The lowest BCUT2D eigenvalue weighted by Gasteiger charge is -2.26. The molecule has 3 aromatic heterocycles. The zero-order valence-electron chi connectivity index (χ0n) is 34.4. The highest BCUT2D eigenvalue weighted by Gasteiger charge is 2.51. The maximum absolute atomic E-state index is 14.6. The summed E-state index contributed by atoms with van der Waals surface area (Å²) in [5.41, 5.74) is 0.278. The molecule has 21 nitrogen and oxygen atoms in total. The largest absolute Gasteiger partial charge is 0.475 e. The van der Waals surface area contributed by atoms with Crippen LogP contribution in [0.15, 0.2) is 119 Å². The minimum atomic E-state index is -4.74. The van der Waals surface area contributed by atoms with Crippen LogP contribution in [0.1, 0.15) is 46.0 Å². The first-order chi connectivity index (χ1) is 31.6. The van der Waals surface area contributed by atoms with Gasteiger partial charge in [0.25, 0.3) is 11.5 Å². The number of aromatic amines is 1. The number of aliphatic hydroxyl groups excluding tert-OH is 1. The van der Waals surface area contributed by atoms with E-state index in [0.29, 0.717) is 11.1 Å². The zero-order chi connectivity index (χ0) is 45.5. The number of fused-ring (bicyclic) bond motifs is 1. The number of ether oxygens (including phenoxy) is 4. The Morgan fingerprint density at radius 2 is 1.63 bits per heavy atom. The average molecular weight is 909 g/mol. The molecule has 2 fully saturated rings. The van der Waals surface area contributed by atoms with Gasteiger partial charge in [0.1, 0.15) is 37.0 Å². The second-order valence-corrected chi connectivity index (χ2v) is 16.2. The van der Waals surface area contributed by atoms with Gasteiger partial charge in [-0.15, -0.1) is 0 Å². The van der Waals surface area contributed by atoms with Gasteiger partial charge in [-0.3, -0.25) is 37.3 Å². The first kappa shape index (κ1) is 44.9. The molecule has 0 bridgehead atoms. The molecular weight excluding hydrogens is 867 g/mol. The molecule has 0 spiro atoms. The van der Waals surface area contributed by atoms with Crippen molar-refractivity contribution in [1.82, 2.24) is 29.1 Å². The summed E-state index contributed by atoms with van der Waals surface area (Å²) in [6.07, 6.45) is -4.66. The number of H-pyrrole nitrogens is 1.